The van der Waals surface area contributed by atoms with E-state index in [9.17, 15) is 29.1 Å². The van der Waals surface area contributed by atoms with E-state index >= 15 is 0 Å². The topological polar surface area (TPSA) is 310 Å². The molecule has 0 bridgehead atoms. The third kappa shape index (κ3) is 6.54. The minimum absolute atomic E-state index is 0. The summed E-state index contributed by atoms with van der Waals surface area (Å²) in [7, 11) is -10.0. The Morgan fingerprint density at radius 3 is 1.48 bits per heavy atom. The molecule has 22 nitrogen and oxygen atoms in total. The van der Waals surface area contributed by atoms with Crippen molar-refractivity contribution in [3.05, 3.63) is 25.3 Å². The first-order valence-electron chi connectivity index (χ1n) is 12.8. The van der Waals surface area contributed by atoms with Gasteiger partial charge in [-0.3, -0.25) is 27.2 Å². The second-order valence-corrected chi connectivity index (χ2v) is 12.8. The predicted molar refractivity (Wildman–Crippen MR) is 152 cm³/mol. The number of nitrogen functional groups attached to an aromatic ring is 2. The Kier molecular flexibility index (Phi) is 10.6. The van der Waals surface area contributed by atoms with Crippen LogP contribution in [0.25, 0.3) is 22.3 Å². The first-order chi connectivity index (χ1) is 20.9. The molecule has 0 saturated carbocycles. The molecule has 238 valence electrons. The van der Waals surface area contributed by atoms with Crippen molar-refractivity contribution in [1.29, 1.82) is 0 Å². The summed E-state index contributed by atoms with van der Waals surface area (Å²) in [6.45, 7) is -1.56. The normalized spacial score (nSPS) is 36.6. The molecular weight excluding hydrogens is 680 g/mol. The molecule has 3 aliphatic rings. The third-order valence-corrected chi connectivity index (χ3v) is 9.23. The molecule has 4 aromatic rings. The summed E-state index contributed by atoms with van der Waals surface area (Å²) in [6, 6.07) is 0. The summed E-state index contributed by atoms with van der Waals surface area (Å²) >= 11 is 0. The molecule has 0 amide bonds. The number of ether oxygens (including phenoxy) is 2. The average Bonchev–Trinajstić information content (AvgIpc) is 3.73. The predicted octanol–water partition coefficient (Wildman–Crippen LogP) is -2.40. The Morgan fingerprint density at radius 2 is 1.09 bits per heavy atom. The number of anilines is 2. The molecule has 8 N–H and O–H groups in total. The number of phosphoric ester groups is 2. The van der Waals surface area contributed by atoms with Crippen molar-refractivity contribution in [2.45, 2.75) is 49.1 Å². The standard InChI is InChI=1S/C20H24N10O12P2.2Na/c21-15-9-17(25-3-23-15)29(5-27-9)19-11(31)13-7(39-19)1-37-43(33,34)42-14-8(2-38-44(35,36)41-13)40-20(12(14)32)30-6-28-10-16(22)24-4-26-18(10)30;;/h3-8,11-14,19-20,31-32H,1-2H2,(H,33,34)(H,35,36)(H2,21,23,25)(H2,22,24,26);;/t7-,8-,11-,12-,13-,14-,19-,20-;;/m1../s1. The minimum Gasteiger partial charge on any atom is -0.386 e. The number of phosphoric acid groups is 2. The van der Waals surface area contributed by atoms with Crippen LogP contribution in [-0.2, 0) is 36.7 Å². The van der Waals surface area contributed by atoms with Gasteiger partial charge in [-0.15, -0.1) is 0 Å². The largest absolute Gasteiger partial charge is 0.472 e. The number of aliphatic hydroxyl groups excluding tert-OH is 2. The molecule has 7 rings (SSSR count). The molecule has 2 unspecified atom stereocenters. The summed E-state index contributed by atoms with van der Waals surface area (Å²) in [5, 5.41) is 22.2. The molecule has 7 heterocycles. The maximum atomic E-state index is 13.1. The Hall–Kier alpha value is -1.24. The van der Waals surface area contributed by atoms with Gasteiger partial charge in [0.25, 0.3) is 0 Å². The number of nitrogens with zero attached hydrogens (tertiary/aromatic N) is 8. The van der Waals surface area contributed by atoms with E-state index in [1.54, 1.807) is 0 Å². The molecule has 4 aromatic heterocycles. The van der Waals surface area contributed by atoms with Gasteiger partial charge >= 0.3 is 15.6 Å². The number of aliphatic hydroxyl groups is 2. The maximum absolute atomic E-state index is 13.1. The van der Waals surface area contributed by atoms with Gasteiger partial charge in [0.2, 0.25) is 0 Å². The van der Waals surface area contributed by atoms with Gasteiger partial charge in [0.1, 0.15) is 60.3 Å². The first kappa shape index (κ1) is 36.1. The Labute approximate surface area is 301 Å². The van der Waals surface area contributed by atoms with E-state index in [1.165, 1.54) is 21.8 Å². The number of nitrogens with two attached hydrogens (primary N) is 2. The number of fused-ring (bicyclic) bond motifs is 4. The van der Waals surface area contributed by atoms with Gasteiger partial charge in [0.15, 0.2) is 35.4 Å². The van der Waals surface area contributed by atoms with Crippen molar-refractivity contribution in [3.8, 4) is 0 Å². The van der Waals surface area contributed by atoms with Crippen LogP contribution >= 0.6 is 15.6 Å². The number of aromatic nitrogens is 8. The van der Waals surface area contributed by atoms with Gasteiger partial charge in [-0.05, 0) is 0 Å². The van der Waals surface area contributed by atoms with E-state index in [4.69, 9.17) is 39.0 Å². The van der Waals surface area contributed by atoms with Crippen LogP contribution in [0.3, 0.4) is 0 Å². The Morgan fingerprint density at radius 1 is 0.696 bits per heavy atom. The summed E-state index contributed by atoms with van der Waals surface area (Å²) in [6.07, 6.45) is -7.30. The fourth-order valence-electron chi connectivity index (χ4n) is 5.24. The van der Waals surface area contributed by atoms with Crippen LogP contribution in [0.15, 0.2) is 25.3 Å². The summed E-state index contributed by atoms with van der Waals surface area (Å²) in [4.78, 5) is 45.3. The van der Waals surface area contributed by atoms with Crippen LogP contribution in [0.2, 0.25) is 0 Å². The number of hydrogen-bond acceptors (Lipinski definition) is 18. The number of hydrogen-bond donors (Lipinski definition) is 6. The molecule has 0 aromatic carbocycles. The van der Waals surface area contributed by atoms with Gasteiger partial charge in [-0.25, -0.2) is 39.0 Å². The van der Waals surface area contributed by atoms with E-state index in [1.807, 2.05) is 0 Å². The monoisotopic (exact) mass is 704 g/mol. The molecule has 2 radical (unpaired) electrons. The number of imidazole rings is 2. The fourth-order valence-corrected chi connectivity index (χ4v) is 7.17. The quantitative estimate of drug-likeness (QED) is 0.0936. The zero-order chi connectivity index (χ0) is 31.0. The van der Waals surface area contributed by atoms with E-state index < -0.39 is 77.9 Å². The SMILES string of the molecule is Nc1ncnc2c1ncn2[C@@H]1O[C@@H]2COP(=O)(O)O[C@H]3[C@@H](O)[C@H](n4cnc5c(N)ncnc54)O[C@@H]3COP(=O)(O)O[C@H]2[C@H]1O.[Na].[Na]. The molecule has 3 aliphatic heterocycles. The minimum atomic E-state index is -5.00. The molecular formula is C20H24N10Na2O12P2. The molecule has 0 aliphatic carbocycles. The summed E-state index contributed by atoms with van der Waals surface area (Å²) in [5.74, 6) is 0.101. The van der Waals surface area contributed by atoms with Crippen molar-refractivity contribution < 1.29 is 56.7 Å². The van der Waals surface area contributed by atoms with Gasteiger partial charge in [0.05, 0.1) is 25.9 Å². The fraction of sp³-hybridized carbons (Fsp3) is 0.500. The summed E-state index contributed by atoms with van der Waals surface area (Å²) < 4.78 is 61.2. The molecule has 0 spiro atoms. The second-order valence-electron chi connectivity index (χ2n) is 9.95. The van der Waals surface area contributed by atoms with Crippen molar-refractivity contribution in [2.75, 3.05) is 24.7 Å². The van der Waals surface area contributed by atoms with Crippen LogP contribution in [0.1, 0.15) is 12.5 Å². The Bertz CT molecular complexity index is 1710. The smallest absolute Gasteiger partial charge is 0.386 e. The average molecular weight is 704 g/mol. The zero-order valence-electron chi connectivity index (χ0n) is 24.0. The van der Waals surface area contributed by atoms with Gasteiger partial charge in [0, 0.05) is 59.1 Å². The van der Waals surface area contributed by atoms with Crippen LogP contribution in [0.5, 0.6) is 0 Å². The third-order valence-electron chi connectivity index (χ3n) is 7.26. The van der Waals surface area contributed by atoms with Crippen molar-refractivity contribution in [1.82, 2.24) is 39.0 Å². The van der Waals surface area contributed by atoms with Crippen LogP contribution in [0, 0.1) is 0 Å². The Balaban J connectivity index is 0.00000208. The van der Waals surface area contributed by atoms with Crippen molar-refractivity contribution >= 4 is 109 Å². The van der Waals surface area contributed by atoms with Gasteiger partial charge in [-0.2, -0.15) is 0 Å². The first-order valence-corrected chi connectivity index (χ1v) is 15.8. The van der Waals surface area contributed by atoms with Crippen LogP contribution < -0.4 is 11.5 Å². The molecule has 3 saturated heterocycles. The zero-order valence-corrected chi connectivity index (χ0v) is 29.8. The maximum Gasteiger partial charge on any atom is 0.472 e. The van der Waals surface area contributed by atoms with Gasteiger partial charge in [-0.1, -0.05) is 0 Å². The van der Waals surface area contributed by atoms with Crippen molar-refractivity contribution in [3.63, 3.8) is 0 Å². The van der Waals surface area contributed by atoms with Crippen LogP contribution in [-0.4, -0.2) is 168 Å². The molecule has 46 heavy (non-hydrogen) atoms. The molecule has 10 atom stereocenters. The van der Waals surface area contributed by atoms with Crippen molar-refractivity contribution in [2.24, 2.45) is 0 Å². The molecule has 26 heteroatoms. The summed E-state index contributed by atoms with van der Waals surface area (Å²) in [5.41, 5.74) is 12.4. The van der Waals surface area contributed by atoms with Gasteiger partial charge < -0.3 is 40.9 Å². The van der Waals surface area contributed by atoms with E-state index in [-0.39, 0.29) is 93.1 Å². The van der Waals surface area contributed by atoms with E-state index in [0.717, 1.165) is 12.7 Å². The van der Waals surface area contributed by atoms with E-state index in [2.05, 4.69) is 29.9 Å². The van der Waals surface area contributed by atoms with Crippen LogP contribution in [0.4, 0.5) is 11.6 Å². The molecule has 3 fully saturated rings. The second kappa shape index (κ2) is 13.6. The number of rotatable bonds is 2. The van der Waals surface area contributed by atoms with E-state index in [0.29, 0.717) is 0 Å².